The van der Waals surface area contributed by atoms with Gasteiger partial charge in [0, 0.05) is 24.3 Å². The summed E-state index contributed by atoms with van der Waals surface area (Å²) in [4.78, 5) is 0. The van der Waals surface area contributed by atoms with Crippen molar-refractivity contribution < 1.29 is 0 Å². The zero-order chi connectivity index (χ0) is 14.7. The first-order valence-corrected chi connectivity index (χ1v) is 8.10. The summed E-state index contributed by atoms with van der Waals surface area (Å²) in [6.45, 7) is 5.62. The van der Waals surface area contributed by atoms with Gasteiger partial charge < -0.3 is 5.32 Å². The van der Waals surface area contributed by atoms with Crippen LogP contribution in [0.15, 0.2) is 42.7 Å². The molecule has 1 heterocycles. The summed E-state index contributed by atoms with van der Waals surface area (Å²) in [5, 5.41) is 8.18. The molecule has 0 bridgehead atoms. The van der Waals surface area contributed by atoms with E-state index in [-0.39, 0.29) is 0 Å². The van der Waals surface area contributed by atoms with Crippen LogP contribution in [-0.4, -0.2) is 15.8 Å². The smallest absolute Gasteiger partial charge is 0.0645 e. The second kappa shape index (κ2) is 6.44. The van der Waals surface area contributed by atoms with Crippen LogP contribution in [0.1, 0.15) is 38.7 Å². The number of hydrogen-bond acceptors (Lipinski definition) is 2. The Morgan fingerprint density at radius 3 is 2.76 bits per heavy atom. The summed E-state index contributed by atoms with van der Waals surface area (Å²) in [5.74, 6) is 1.69. The first-order valence-electron chi connectivity index (χ1n) is 8.10. The molecule has 3 heteroatoms. The van der Waals surface area contributed by atoms with Gasteiger partial charge in [-0.25, -0.2) is 4.68 Å². The van der Waals surface area contributed by atoms with E-state index in [2.05, 4.69) is 42.6 Å². The lowest BCUT2D eigenvalue weighted by Crippen LogP contribution is -2.32. The Hall–Kier alpha value is -1.61. The highest BCUT2D eigenvalue weighted by Gasteiger charge is 2.30. The minimum Gasteiger partial charge on any atom is -0.310 e. The van der Waals surface area contributed by atoms with Gasteiger partial charge in [-0.1, -0.05) is 38.5 Å². The molecule has 1 aliphatic carbocycles. The summed E-state index contributed by atoms with van der Waals surface area (Å²) < 4.78 is 1.95. The average Bonchev–Trinajstić information content (AvgIpc) is 3.13. The van der Waals surface area contributed by atoms with E-state index in [9.17, 15) is 0 Å². The van der Waals surface area contributed by atoms with Crippen molar-refractivity contribution in [2.75, 3.05) is 0 Å². The maximum Gasteiger partial charge on any atom is 0.0645 e. The van der Waals surface area contributed by atoms with Gasteiger partial charge in [-0.2, -0.15) is 5.10 Å². The number of aromatic nitrogens is 2. The van der Waals surface area contributed by atoms with Crippen LogP contribution in [0, 0.1) is 11.8 Å². The molecule has 2 aromatic rings. The minimum absolute atomic E-state index is 0.662. The molecule has 0 saturated heterocycles. The lowest BCUT2D eigenvalue weighted by atomic mass is 9.93. The largest absolute Gasteiger partial charge is 0.310 e. The van der Waals surface area contributed by atoms with Crippen LogP contribution in [0.2, 0.25) is 0 Å². The third-order valence-electron chi connectivity index (χ3n) is 4.98. The third-order valence-corrected chi connectivity index (χ3v) is 4.98. The van der Waals surface area contributed by atoms with Crippen molar-refractivity contribution in [2.45, 2.75) is 45.7 Å². The minimum atomic E-state index is 0.662. The van der Waals surface area contributed by atoms with Crippen molar-refractivity contribution in [1.82, 2.24) is 15.1 Å². The van der Waals surface area contributed by atoms with Gasteiger partial charge in [0.05, 0.1) is 11.9 Å². The number of nitrogens with zero attached hydrogens (tertiary/aromatic N) is 2. The molecule has 1 fully saturated rings. The maximum atomic E-state index is 4.46. The van der Waals surface area contributed by atoms with Crippen molar-refractivity contribution >= 4 is 0 Å². The Morgan fingerprint density at radius 2 is 2.05 bits per heavy atom. The average molecular weight is 283 g/mol. The quantitative estimate of drug-likeness (QED) is 0.905. The van der Waals surface area contributed by atoms with Crippen LogP contribution in [0.3, 0.4) is 0 Å². The van der Waals surface area contributed by atoms with E-state index in [4.69, 9.17) is 0 Å². The highest BCUT2D eigenvalue weighted by molar-refractivity contribution is 5.30. The van der Waals surface area contributed by atoms with Crippen LogP contribution in [0.5, 0.6) is 0 Å². The SMILES string of the molecule is CCC1CCC(NCc2cnn(-c3ccccc3)c2)C1C. The number of benzene rings is 1. The predicted octanol–water partition coefficient (Wildman–Crippen LogP) is 3.79. The van der Waals surface area contributed by atoms with Gasteiger partial charge in [-0.15, -0.1) is 0 Å². The summed E-state index contributed by atoms with van der Waals surface area (Å²) in [7, 11) is 0. The summed E-state index contributed by atoms with van der Waals surface area (Å²) in [6.07, 6.45) is 8.09. The van der Waals surface area contributed by atoms with E-state index in [0.717, 1.165) is 24.1 Å². The lowest BCUT2D eigenvalue weighted by Gasteiger charge is -2.20. The molecule has 3 nitrogen and oxygen atoms in total. The standard InChI is InChI=1S/C18H25N3/c1-3-16-9-10-18(14(16)2)19-11-15-12-20-21(13-15)17-7-5-4-6-8-17/h4-8,12-14,16,18-19H,3,9-11H2,1-2H3. The molecule has 0 radical (unpaired) electrons. The highest BCUT2D eigenvalue weighted by Crippen LogP contribution is 2.33. The molecule has 3 rings (SSSR count). The Bertz CT molecular complexity index is 561. The fourth-order valence-corrected chi connectivity index (χ4v) is 3.53. The molecule has 0 aliphatic heterocycles. The molecule has 3 unspecified atom stereocenters. The number of hydrogen-bond donors (Lipinski definition) is 1. The highest BCUT2D eigenvalue weighted by atomic mass is 15.3. The Labute approximate surface area is 127 Å². The monoisotopic (exact) mass is 283 g/mol. The second-order valence-corrected chi connectivity index (χ2v) is 6.22. The van der Waals surface area contributed by atoms with Crippen molar-refractivity contribution in [3.63, 3.8) is 0 Å². The molecule has 1 aromatic carbocycles. The molecule has 1 aliphatic rings. The van der Waals surface area contributed by atoms with E-state index < -0.39 is 0 Å². The molecule has 112 valence electrons. The van der Waals surface area contributed by atoms with E-state index in [1.807, 2.05) is 29.1 Å². The van der Waals surface area contributed by atoms with Crippen LogP contribution in [0.4, 0.5) is 0 Å². The van der Waals surface area contributed by atoms with Gasteiger partial charge in [0.15, 0.2) is 0 Å². The van der Waals surface area contributed by atoms with Gasteiger partial charge in [0.25, 0.3) is 0 Å². The molecule has 0 amide bonds. The van der Waals surface area contributed by atoms with E-state index >= 15 is 0 Å². The zero-order valence-corrected chi connectivity index (χ0v) is 13.0. The third kappa shape index (κ3) is 3.18. The van der Waals surface area contributed by atoms with Gasteiger partial charge in [-0.3, -0.25) is 0 Å². The number of rotatable bonds is 5. The Kier molecular flexibility index (Phi) is 4.39. The van der Waals surface area contributed by atoms with Crippen LogP contribution in [0.25, 0.3) is 5.69 Å². The molecule has 3 atom stereocenters. The fraction of sp³-hybridized carbons (Fsp3) is 0.500. The second-order valence-electron chi connectivity index (χ2n) is 6.22. The van der Waals surface area contributed by atoms with Crippen LogP contribution >= 0.6 is 0 Å². The predicted molar refractivity (Wildman–Crippen MR) is 86.4 cm³/mol. The van der Waals surface area contributed by atoms with Gasteiger partial charge in [-0.05, 0) is 36.8 Å². The molecule has 1 aromatic heterocycles. The topological polar surface area (TPSA) is 29.9 Å². The Balaban J connectivity index is 1.59. The summed E-state index contributed by atoms with van der Waals surface area (Å²) in [6, 6.07) is 10.9. The normalized spacial score (nSPS) is 25.3. The van der Waals surface area contributed by atoms with E-state index in [1.165, 1.54) is 24.8 Å². The first kappa shape index (κ1) is 14.3. The Morgan fingerprint density at radius 1 is 1.24 bits per heavy atom. The number of para-hydroxylation sites is 1. The van der Waals surface area contributed by atoms with Crippen molar-refractivity contribution in [1.29, 1.82) is 0 Å². The fourth-order valence-electron chi connectivity index (χ4n) is 3.53. The van der Waals surface area contributed by atoms with Crippen LogP contribution < -0.4 is 5.32 Å². The molecule has 0 spiro atoms. The molecular formula is C18H25N3. The molecular weight excluding hydrogens is 258 g/mol. The van der Waals surface area contributed by atoms with Gasteiger partial charge in [0.1, 0.15) is 0 Å². The van der Waals surface area contributed by atoms with Gasteiger partial charge >= 0.3 is 0 Å². The molecule has 1 saturated carbocycles. The van der Waals surface area contributed by atoms with Crippen LogP contribution in [-0.2, 0) is 6.54 Å². The van der Waals surface area contributed by atoms with E-state index in [1.54, 1.807) is 0 Å². The first-order chi connectivity index (χ1) is 10.3. The summed E-state index contributed by atoms with van der Waals surface area (Å²) in [5.41, 5.74) is 2.37. The van der Waals surface area contributed by atoms with Crippen molar-refractivity contribution in [2.24, 2.45) is 11.8 Å². The van der Waals surface area contributed by atoms with Gasteiger partial charge in [0.2, 0.25) is 0 Å². The maximum absolute atomic E-state index is 4.46. The zero-order valence-electron chi connectivity index (χ0n) is 13.0. The van der Waals surface area contributed by atoms with Crippen molar-refractivity contribution in [3.8, 4) is 5.69 Å². The molecule has 1 N–H and O–H groups in total. The number of nitrogens with one attached hydrogen (secondary N) is 1. The van der Waals surface area contributed by atoms with E-state index in [0.29, 0.717) is 6.04 Å². The van der Waals surface area contributed by atoms with Crippen molar-refractivity contribution in [3.05, 3.63) is 48.3 Å². The molecule has 21 heavy (non-hydrogen) atoms. The lowest BCUT2D eigenvalue weighted by molar-refractivity contribution is 0.344. The summed E-state index contributed by atoms with van der Waals surface area (Å²) >= 11 is 0.